The van der Waals surface area contributed by atoms with Gasteiger partial charge in [-0.15, -0.1) is 0 Å². The topological polar surface area (TPSA) is 150 Å². The van der Waals surface area contributed by atoms with Crippen LogP contribution in [0, 0.1) is 11.3 Å². The number of hydrogen-bond acceptors (Lipinski definition) is 8. The fraction of sp³-hybridized carbons (Fsp3) is 0.462. The van der Waals surface area contributed by atoms with Gasteiger partial charge in [0.15, 0.2) is 6.23 Å². The molecule has 0 spiro atoms. The molecule has 0 radical (unpaired) electrons. The van der Waals surface area contributed by atoms with E-state index in [1.807, 2.05) is 6.07 Å². The van der Waals surface area contributed by atoms with Crippen LogP contribution < -0.4 is 5.73 Å². The Kier molecular flexibility index (Phi) is 3.78. The Hall–Kier alpha value is -1.77. The van der Waals surface area contributed by atoms with E-state index in [9.17, 15) is 20.6 Å². The van der Waals surface area contributed by atoms with E-state index in [2.05, 4.69) is 25.9 Å². The number of aliphatic hydroxyl groups is 3. The van der Waals surface area contributed by atoms with Crippen molar-refractivity contribution in [3.63, 3.8) is 0 Å². The Bertz CT molecular complexity index is 819. The third-order valence-corrected chi connectivity index (χ3v) is 4.84. The van der Waals surface area contributed by atoms with Gasteiger partial charge in [0.1, 0.15) is 46.3 Å². The summed E-state index contributed by atoms with van der Waals surface area (Å²) in [5.41, 5.74) is 4.96. The molecule has 0 aliphatic carbocycles. The average Bonchev–Trinajstić information content (AvgIpc) is 2.94. The summed E-state index contributed by atoms with van der Waals surface area (Å²) in [5.74, 6) is 0.115. The van der Waals surface area contributed by atoms with Crippen molar-refractivity contribution in [3.8, 4) is 6.07 Å². The molecule has 122 valence electrons. The van der Waals surface area contributed by atoms with Gasteiger partial charge in [-0.3, -0.25) is 4.57 Å². The summed E-state index contributed by atoms with van der Waals surface area (Å²) in [6.45, 7) is 0.996. The van der Waals surface area contributed by atoms with E-state index >= 15 is 0 Å². The van der Waals surface area contributed by atoms with Gasteiger partial charge in [-0.1, -0.05) is 0 Å². The van der Waals surface area contributed by atoms with E-state index in [1.54, 1.807) is 0 Å². The fourth-order valence-electron chi connectivity index (χ4n) is 2.73. The molecule has 1 fully saturated rings. The number of fused-ring (bicyclic) bond motifs is 1. The van der Waals surface area contributed by atoms with Crippen LogP contribution in [-0.2, 0) is 4.74 Å². The third kappa shape index (κ3) is 2.13. The summed E-state index contributed by atoms with van der Waals surface area (Å²) in [5, 5.41) is 39.6. The lowest BCUT2D eigenvalue weighted by atomic mass is 9.99. The number of nitriles is 1. The van der Waals surface area contributed by atoms with E-state index in [4.69, 9.17) is 10.5 Å². The van der Waals surface area contributed by atoms with Crippen LogP contribution in [0.4, 0.5) is 5.82 Å². The van der Waals surface area contributed by atoms with E-state index in [-0.39, 0.29) is 17.0 Å². The molecule has 4 atom stereocenters. The van der Waals surface area contributed by atoms with Gasteiger partial charge in [0.2, 0.25) is 0 Å². The molecule has 9 nitrogen and oxygen atoms in total. The molecule has 0 saturated carbocycles. The lowest BCUT2D eigenvalue weighted by Crippen LogP contribution is -2.43. The molecule has 0 aromatic carbocycles. The Morgan fingerprint density at radius 1 is 1.52 bits per heavy atom. The van der Waals surface area contributed by atoms with E-state index in [0.29, 0.717) is 9.99 Å². The zero-order valence-corrected chi connectivity index (χ0v) is 13.6. The summed E-state index contributed by atoms with van der Waals surface area (Å²) in [6.07, 6.45) is -2.48. The van der Waals surface area contributed by atoms with Crippen molar-refractivity contribution < 1.29 is 20.1 Å². The summed E-state index contributed by atoms with van der Waals surface area (Å²) in [6, 6.07) is 2.01. The molecule has 23 heavy (non-hydrogen) atoms. The molecule has 2 aromatic heterocycles. The van der Waals surface area contributed by atoms with E-state index in [1.165, 1.54) is 17.8 Å². The first-order chi connectivity index (χ1) is 10.9. The molecule has 0 amide bonds. The van der Waals surface area contributed by atoms with Crippen molar-refractivity contribution in [2.75, 3.05) is 12.3 Å². The number of anilines is 1. The highest BCUT2D eigenvalue weighted by atomic mass is 79.9. The number of rotatable bonds is 2. The smallest absolute Gasteiger partial charge is 0.165 e. The van der Waals surface area contributed by atoms with Gasteiger partial charge in [-0.2, -0.15) is 5.26 Å². The van der Waals surface area contributed by atoms with Crippen LogP contribution in [0.1, 0.15) is 18.7 Å². The molecule has 0 unspecified atom stereocenters. The van der Waals surface area contributed by atoms with Crippen molar-refractivity contribution in [2.24, 2.45) is 0 Å². The first kappa shape index (κ1) is 16.1. The summed E-state index contributed by atoms with van der Waals surface area (Å²) in [4.78, 5) is 7.97. The highest BCUT2D eigenvalue weighted by Gasteiger charge is 2.52. The number of ether oxygens (including phenoxy) is 1. The SMILES string of the molecule is C[C@]1(CO)O[C@@H](n2c(Br)c(C#N)c3c(N)ncnc32)[C@@H](O)[C@@H]1O. The van der Waals surface area contributed by atoms with E-state index < -0.39 is 30.6 Å². The Morgan fingerprint density at radius 2 is 2.22 bits per heavy atom. The standard InChI is InChI=1S/C13H14BrN5O4/c1-13(3-20)8(22)7(21)12(23-13)19-9(14)5(2-15)6-10(16)17-4-18-11(6)19/h4,7-8,12,20-22H,3H2,1H3,(H2,16,17,18)/t7-,8-,12+,13+/m0/s1. The fourth-order valence-corrected chi connectivity index (χ4v) is 3.39. The summed E-state index contributed by atoms with van der Waals surface area (Å²) in [7, 11) is 0. The number of aromatic nitrogens is 3. The zero-order valence-electron chi connectivity index (χ0n) is 12.0. The zero-order chi connectivity index (χ0) is 16.9. The van der Waals surface area contributed by atoms with Gasteiger partial charge in [-0.25, -0.2) is 9.97 Å². The monoisotopic (exact) mass is 383 g/mol. The molecule has 10 heteroatoms. The number of halogens is 1. The molecule has 3 rings (SSSR count). The average molecular weight is 384 g/mol. The third-order valence-electron chi connectivity index (χ3n) is 4.06. The number of nitrogens with two attached hydrogens (primary N) is 1. The van der Waals surface area contributed by atoms with Gasteiger partial charge in [-0.05, 0) is 22.9 Å². The van der Waals surface area contributed by atoms with Crippen molar-refractivity contribution in [1.82, 2.24) is 14.5 Å². The number of hydrogen-bond donors (Lipinski definition) is 4. The molecule has 1 saturated heterocycles. The van der Waals surface area contributed by atoms with Crippen molar-refractivity contribution in [3.05, 3.63) is 16.5 Å². The second-order valence-corrected chi connectivity index (χ2v) is 6.27. The Balaban J connectivity index is 2.24. The minimum absolute atomic E-state index is 0.115. The predicted molar refractivity (Wildman–Crippen MR) is 82.0 cm³/mol. The molecule has 3 heterocycles. The van der Waals surface area contributed by atoms with Crippen LogP contribution in [-0.4, -0.2) is 54.3 Å². The van der Waals surface area contributed by atoms with Crippen LogP contribution in [0.2, 0.25) is 0 Å². The minimum atomic E-state index is -1.34. The lowest BCUT2D eigenvalue weighted by Gasteiger charge is -2.24. The van der Waals surface area contributed by atoms with Crippen LogP contribution >= 0.6 is 15.9 Å². The van der Waals surface area contributed by atoms with Crippen molar-refractivity contribution in [2.45, 2.75) is 31.0 Å². The number of nitrogens with zero attached hydrogens (tertiary/aromatic N) is 4. The maximum atomic E-state index is 10.3. The highest BCUT2D eigenvalue weighted by molar-refractivity contribution is 9.10. The van der Waals surface area contributed by atoms with Gasteiger partial charge < -0.3 is 25.8 Å². The van der Waals surface area contributed by atoms with Gasteiger partial charge in [0.05, 0.1) is 17.6 Å². The molecular formula is C13H14BrN5O4. The first-order valence-electron chi connectivity index (χ1n) is 6.70. The molecule has 0 bridgehead atoms. The maximum absolute atomic E-state index is 10.3. The van der Waals surface area contributed by atoms with Crippen LogP contribution in [0.25, 0.3) is 11.0 Å². The number of aliphatic hydroxyl groups excluding tert-OH is 3. The minimum Gasteiger partial charge on any atom is -0.393 e. The van der Waals surface area contributed by atoms with Crippen molar-refractivity contribution >= 4 is 32.8 Å². The largest absolute Gasteiger partial charge is 0.393 e. The van der Waals surface area contributed by atoms with Crippen LogP contribution in [0.15, 0.2) is 10.9 Å². The second-order valence-electron chi connectivity index (χ2n) is 5.52. The first-order valence-corrected chi connectivity index (χ1v) is 7.49. The Morgan fingerprint density at radius 3 is 2.78 bits per heavy atom. The lowest BCUT2D eigenvalue weighted by molar-refractivity contribution is -0.116. The Labute approximate surface area is 139 Å². The van der Waals surface area contributed by atoms with Gasteiger partial charge in [0.25, 0.3) is 0 Å². The highest BCUT2D eigenvalue weighted by Crippen LogP contribution is 2.42. The normalized spacial score (nSPS) is 30.7. The molecular weight excluding hydrogens is 370 g/mol. The summed E-state index contributed by atoms with van der Waals surface area (Å²) < 4.78 is 7.38. The van der Waals surface area contributed by atoms with Gasteiger partial charge >= 0.3 is 0 Å². The molecule has 2 aromatic rings. The molecule has 5 N–H and O–H groups in total. The number of nitrogen functional groups attached to an aromatic ring is 1. The van der Waals surface area contributed by atoms with Gasteiger partial charge in [0, 0.05) is 0 Å². The second kappa shape index (κ2) is 5.40. The van der Waals surface area contributed by atoms with E-state index in [0.717, 1.165) is 0 Å². The van der Waals surface area contributed by atoms with Crippen LogP contribution in [0.3, 0.4) is 0 Å². The van der Waals surface area contributed by atoms with Crippen molar-refractivity contribution in [1.29, 1.82) is 5.26 Å². The van der Waals surface area contributed by atoms with Crippen LogP contribution in [0.5, 0.6) is 0 Å². The molecule has 1 aliphatic heterocycles. The quantitative estimate of drug-likeness (QED) is 0.549. The summed E-state index contributed by atoms with van der Waals surface area (Å²) >= 11 is 3.29. The molecule has 1 aliphatic rings. The maximum Gasteiger partial charge on any atom is 0.165 e. The predicted octanol–water partition coefficient (Wildman–Crippen LogP) is -0.351.